The molecule has 1 aliphatic heterocycles. The third-order valence-corrected chi connectivity index (χ3v) is 5.07. The average Bonchev–Trinajstić information content (AvgIpc) is 3.17. The fourth-order valence-corrected chi connectivity index (χ4v) is 3.44. The van der Waals surface area contributed by atoms with Crippen LogP contribution in [0.15, 0.2) is 28.0 Å². The standard InChI is InChI=1S/C14H17N5O3S/c1-17-9(7-11(20)18(2)14(17)21)8-23-13-16-15-12(19(13)3)10-5-4-6-22-10/h4-6,9H,7-8H2,1-3H3. The first-order chi connectivity index (χ1) is 11.0. The van der Waals surface area contributed by atoms with Crippen LogP contribution in [-0.4, -0.2) is 62.4 Å². The molecule has 0 bridgehead atoms. The second-order valence-electron chi connectivity index (χ2n) is 5.36. The van der Waals surface area contributed by atoms with Crippen LogP contribution >= 0.6 is 11.8 Å². The molecule has 1 unspecified atom stereocenters. The summed E-state index contributed by atoms with van der Waals surface area (Å²) in [5.41, 5.74) is 0. The van der Waals surface area contributed by atoms with Crippen LogP contribution in [-0.2, 0) is 11.8 Å². The molecule has 0 aromatic carbocycles. The van der Waals surface area contributed by atoms with Gasteiger partial charge in [-0.1, -0.05) is 11.8 Å². The molecule has 1 aliphatic rings. The van der Waals surface area contributed by atoms with E-state index in [2.05, 4.69) is 10.2 Å². The van der Waals surface area contributed by atoms with Gasteiger partial charge in [-0.3, -0.25) is 9.69 Å². The molecule has 1 atom stereocenters. The first-order valence-corrected chi connectivity index (χ1v) is 8.07. The van der Waals surface area contributed by atoms with Crippen molar-refractivity contribution in [3.05, 3.63) is 18.4 Å². The number of hydrogen-bond donors (Lipinski definition) is 0. The van der Waals surface area contributed by atoms with Gasteiger partial charge in [0.2, 0.25) is 5.91 Å². The SMILES string of the molecule is CN1C(=O)CC(CSc2nnc(-c3ccco3)n2C)N(C)C1=O. The third kappa shape index (κ3) is 2.83. The van der Waals surface area contributed by atoms with Crippen LogP contribution in [0.25, 0.3) is 11.6 Å². The normalized spacial score (nSPS) is 18.8. The van der Waals surface area contributed by atoms with Crippen molar-refractivity contribution in [2.24, 2.45) is 7.05 Å². The summed E-state index contributed by atoms with van der Waals surface area (Å²) in [4.78, 5) is 26.5. The Labute approximate surface area is 137 Å². The number of aromatic nitrogens is 3. The number of thioether (sulfide) groups is 1. The highest BCUT2D eigenvalue weighted by Gasteiger charge is 2.34. The van der Waals surface area contributed by atoms with Crippen molar-refractivity contribution in [1.29, 1.82) is 0 Å². The minimum Gasteiger partial charge on any atom is -0.461 e. The van der Waals surface area contributed by atoms with Gasteiger partial charge in [0.25, 0.3) is 0 Å². The number of urea groups is 1. The van der Waals surface area contributed by atoms with Gasteiger partial charge in [-0.05, 0) is 12.1 Å². The molecule has 2 aromatic rings. The first-order valence-electron chi connectivity index (χ1n) is 7.08. The molecule has 0 aliphatic carbocycles. The van der Waals surface area contributed by atoms with Crippen LogP contribution in [0.4, 0.5) is 4.79 Å². The summed E-state index contributed by atoms with van der Waals surface area (Å²) in [7, 11) is 5.07. The molecule has 8 nitrogen and oxygen atoms in total. The Morgan fingerprint density at radius 1 is 1.30 bits per heavy atom. The molecule has 3 rings (SSSR count). The zero-order chi connectivity index (χ0) is 16.6. The van der Waals surface area contributed by atoms with Crippen molar-refractivity contribution in [3.63, 3.8) is 0 Å². The average molecular weight is 335 g/mol. The van der Waals surface area contributed by atoms with E-state index in [9.17, 15) is 9.59 Å². The van der Waals surface area contributed by atoms with Gasteiger partial charge in [-0.2, -0.15) is 0 Å². The Hall–Kier alpha value is -2.29. The second kappa shape index (κ2) is 6.07. The molecule has 3 heterocycles. The highest BCUT2D eigenvalue weighted by Crippen LogP contribution is 2.26. The van der Waals surface area contributed by atoms with Gasteiger partial charge in [0.1, 0.15) is 0 Å². The predicted molar refractivity (Wildman–Crippen MR) is 83.8 cm³/mol. The summed E-state index contributed by atoms with van der Waals surface area (Å²) in [6.07, 6.45) is 1.90. The topological polar surface area (TPSA) is 84.5 Å². The van der Waals surface area contributed by atoms with Crippen LogP contribution in [0.3, 0.4) is 0 Å². The van der Waals surface area contributed by atoms with Gasteiger partial charge in [0.15, 0.2) is 16.7 Å². The van der Waals surface area contributed by atoms with Gasteiger partial charge in [0.05, 0.1) is 12.3 Å². The van der Waals surface area contributed by atoms with Crippen molar-refractivity contribution in [1.82, 2.24) is 24.6 Å². The number of hydrogen-bond acceptors (Lipinski definition) is 6. The van der Waals surface area contributed by atoms with E-state index < -0.39 is 0 Å². The molecule has 2 aromatic heterocycles. The number of rotatable bonds is 4. The maximum absolute atomic E-state index is 12.0. The zero-order valence-electron chi connectivity index (χ0n) is 13.1. The van der Waals surface area contributed by atoms with Crippen LogP contribution in [0.1, 0.15) is 6.42 Å². The molecular formula is C14H17N5O3S. The Morgan fingerprint density at radius 2 is 2.09 bits per heavy atom. The monoisotopic (exact) mass is 335 g/mol. The number of carbonyl (C=O) groups is 2. The van der Waals surface area contributed by atoms with E-state index in [0.29, 0.717) is 28.9 Å². The smallest absolute Gasteiger partial charge is 0.326 e. The highest BCUT2D eigenvalue weighted by molar-refractivity contribution is 7.99. The fourth-order valence-electron chi connectivity index (χ4n) is 2.38. The largest absolute Gasteiger partial charge is 0.461 e. The Kier molecular flexibility index (Phi) is 4.12. The summed E-state index contributed by atoms with van der Waals surface area (Å²) < 4.78 is 7.16. The Morgan fingerprint density at radius 3 is 2.78 bits per heavy atom. The molecule has 0 saturated carbocycles. The van der Waals surface area contributed by atoms with Gasteiger partial charge in [-0.15, -0.1) is 10.2 Å². The maximum atomic E-state index is 12.0. The van der Waals surface area contributed by atoms with Gasteiger partial charge in [-0.25, -0.2) is 4.79 Å². The predicted octanol–water partition coefficient (Wildman–Crippen LogP) is 1.45. The number of furan rings is 1. The molecule has 1 fully saturated rings. The van der Waals surface area contributed by atoms with E-state index in [1.54, 1.807) is 24.3 Å². The number of nitrogens with zero attached hydrogens (tertiary/aromatic N) is 5. The molecule has 0 spiro atoms. The van der Waals surface area contributed by atoms with E-state index >= 15 is 0 Å². The molecule has 0 radical (unpaired) electrons. The minimum atomic E-state index is -0.277. The van der Waals surface area contributed by atoms with E-state index in [4.69, 9.17) is 4.42 Å². The van der Waals surface area contributed by atoms with Crippen LogP contribution in [0, 0.1) is 0 Å². The Balaban J connectivity index is 1.69. The van der Waals surface area contributed by atoms with Gasteiger partial charge < -0.3 is 13.9 Å². The van der Waals surface area contributed by atoms with Crippen LogP contribution in [0.2, 0.25) is 0 Å². The molecule has 1 saturated heterocycles. The fraction of sp³-hybridized carbons (Fsp3) is 0.429. The third-order valence-electron chi connectivity index (χ3n) is 3.90. The number of carbonyl (C=O) groups excluding carboxylic acids is 2. The second-order valence-corrected chi connectivity index (χ2v) is 6.34. The molecule has 23 heavy (non-hydrogen) atoms. The quantitative estimate of drug-likeness (QED) is 0.786. The van der Waals surface area contributed by atoms with E-state index in [-0.39, 0.29) is 18.0 Å². The summed E-state index contributed by atoms with van der Waals surface area (Å²) in [6.45, 7) is 0. The van der Waals surface area contributed by atoms with Crippen molar-refractivity contribution in [3.8, 4) is 11.6 Å². The van der Waals surface area contributed by atoms with Crippen LogP contribution < -0.4 is 0 Å². The maximum Gasteiger partial charge on any atom is 0.326 e. The molecule has 0 N–H and O–H groups in total. The minimum absolute atomic E-state index is 0.153. The molecule has 9 heteroatoms. The lowest BCUT2D eigenvalue weighted by atomic mass is 10.1. The summed E-state index contributed by atoms with van der Waals surface area (Å²) in [5.74, 6) is 1.70. The highest BCUT2D eigenvalue weighted by atomic mass is 32.2. The van der Waals surface area contributed by atoms with Crippen molar-refractivity contribution in [2.75, 3.05) is 19.8 Å². The summed E-state index contributed by atoms with van der Waals surface area (Å²) >= 11 is 1.46. The first kappa shape index (κ1) is 15.6. The lowest BCUT2D eigenvalue weighted by molar-refractivity contribution is -0.130. The lowest BCUT2D eigenvalue weighted by Gasteiger charge is -2.36. The number of imide groups is 1. The van der Waals surface area contributed by atoms with E-state index in [1.807, 2.05) is 17.7 Å². The Bertz CT molecular complexity index is 727. The van der Waals surface area contributed by atoms with Gasteiger partial charge in [0, 0.05) is 33.3 Å². The number of amides is 3. The van der Waals surface area contributed by atoms with Crippen molar-refractivity contribution in [2.45, 2.75) is 17.6 Å². The van der Waals surface area contributed by atoms with Crippen molar-refractivity contribution >= 4 is 23.7 Å². The van der Waals surface area contributed by atoms with Crippen LogP contribution in [0.5, 0.6) is 0 Å². The zero-order valence-corrected chi connectivity index (χ0v) is 13.9. The van der Waals surface area contributed by atoms with E-state index in [0.717, 1.165) is 4.90 Å². The van der Waals surface area contributed by atoms with Gasteiger partial charge >= 0.3 is 6.03 Å². The molecule has 122 valence electrons. The summed E-state index contributed by atoms with van der Waals surface area (Å²) in [6, 6.07) is 3.18. The molecular weight excluding hydrogens is 318 g/mol. The summed E-state index contributed by atoms with van der Waals surface area (Å²) in [5, 5.41) is 8.99. The molecule has 3 amide bonds. The van der Waals surface area contributed by atoms with E-state index in [1.165, 1.54) is 18.8 Å². The van der Waals surface area contributed by atoms with Crippen molar-refractivity contribution < 1.29 is 14.0 Å². The lowest BCUT2D eigenvalue weighted by Crippen LogP contribution is -2.54.